The van der Waals surface area contributed by atoms with Crippen molar-refractivity contribution in [2.75, 3.05) is 7.11 Å². The molecule has 4 nitrogen and oxygen atoms in total. The van der Waals surface area contributed by atoms with Gasteiger partial charge in [0.2, 0.25) is 0 Å². The summed E-state index contributed by atoms with van der Waals surface area (Å²) in [6.45, 7) is 0. The lowest BCUT2D eigenvalue weighted by Gasteiger charge is -2.15. The molecule has 0 unspecified atom stereocenters. The van der Waals surface area contributed by atoms with E-state index < -0.39 is 0 Å². The molecule has 0 saturated carbocycles. The zero-order chi connectivity index (χ0) is 20.5. The number of fused-ring (bicyclic) bond motifs is 1. The summed E-state index contributed by atoms with van der Waals surface area (Å²) < 4.78 is 7.21. The summed E-state index contributed by atoms with van der Waals surface area (Å²) in [6.07, 6.45) is 1.75. The second-order valence-corrected chi connectivity index (χ2v) is 7.63. The van der Waals surface area contributed by atoms with Crippen molar-refractivity contribution in [3.63, 3.8) is 0 Å². The van der Waals surface area contributed by atoms with E-state index in [1.54, 1.807) is 7.11 Å². The lowest BCUT2D eigenvalue weighted by atomic mass is 9.96. The van der Waals surface area contributed by atoms with Gasteiger partial charge in [0.05, 0.1) is 24.2 Å². The maximum Gasteiger partial charge on any atom is 0.159 e. The Morgan fingerprint density at radius 3 is 2.27 bits per heavy atom. The first-order valence-corrected chi connectivity index (χ1v) is 10.3. The topological polar surface area (TPSA) is 39.4 Å². The van der Waals surface area contributed by atoms with Crippen LogP contribution in [-0.2, 0) is 6.42 Å². The third kappa shape index (κ3) is 3.40. The largest absolute Gasteiger partial charge is 0.497 e. The fraction of sp³-hybridized carbons (Fsp3) is 0.120. The summed E-state index contributed by atoms with van der Waals surface area (Å²) in [5.41, 5.74) is 6.36. The number of nitrogens with zero attached hydrogens (tertiary/aromatic N) is 3. The van der Waals surface area contributed by atoms with E-state index >= 15 is 0 Å². The SMILES string of the molecule is COc1ccc(C2=Nc3c(c(-c4ccccc4)nn3-c3ccc(Cl)cc3)CC2)cc1. The molecule has 0 fully saturated rings. The van der Waals surface area contributed by atoms with Crippen LogP contribution in [-0.4, -0.2) is 22.6 Å². The van der Waals surface area contributed by atoms with Gasteiger partial charge in [-0.15, -0.1) is 0 Å². The van der Waals surface area contributed by atoms with Crippen molar-refractivity contribution < 1.29 is 4.74 Å². The van der Waals surface area contributed by atoms with Gasteiger partial charge < -0.3 is 4.74 Å². The van der Waals surface area contributed by atoms with Gasteiger partial charge in [0.1, 0.15) is 5.75 Å². The average Bonchev–Trinajstić information content (AvgIpc) is 3.19. The minimum atomic E-state index is 0.700. The van der Waals surface area contributed by atoms with Crippen LogP contribution in [0.1, 0.15) is 17.5 Å². The molecule has 5 heteroatoms. The second kappa shape index (κ2) is 7.81. The molecule has 0 N–H and O–H groups in total. The van der Waals surface area contributed by atoms with Gasteiger partial charge in [-0.3, -0.25) is 0 Å². The van der Waals surface area contributed by atoms with E-state index in [2.05, 4.69) is 24.3 Å². The fourth-order valence-corrected chi connectivity index (χ4v) is 3.92. The molecule has 0 radical (unpaired) electrons. The van der Waals surface area contributed by atoms with E-state index in [0.29, 0.717) is 5.02 Å². The van der Waals surface area contributed by atoms with E-state index in [1.165, 1.54) is 5.56 Å². The third-order valence-corrected chi connectivity index (χ3v) is 5.60. The van der Waals surface area contributed by atoms with Gasteiger partial charge in [-0.05, 0) is 66.9 Å². The van der Waals surface area contributed by atoms with E-state index in [9.17, 15) is 0 Å². The molecule has 30 heavy (non-hydrogen) atoms. The lowest BCUT2D eigenvalue weighted by Crippen LogP contribution is -2.08. The van der Waals surface area contributed by atoms with Crippen LogP contribution in [0.25, 0.3) is 16.9 Å². The van der Waals surface area contributed by atoms with Crippen molar-refractivity contribution in [2.24, 2.45) is 4.99 Å². The molecule has 0 saturated heterocycles. The van der Waals surface area contributed by atoms with Gasteiger partial charge in [-0.25, -0.2) is 9.67 Å². The summed E-state index contributed by atoms with van der Waals surface area (Å²) in [5.74, 6) is 1.72. The van der Waals surface area contributed by atoms with Gasteiger partial charge in [-0.2, -0.15) is 5.10 Å². The Bertz CT molecular complexity index is 1210. The first-order chi connectivity index (χ1) is 14.7. The Morgan fingerprint density at radius 1 is 0.833 bits per heavy atom. The quantitative estimate of drug-likeness (QED) is 0.395. The molecule has 1 aliphatic rings. The zero-order valence-corrected chi connectivity index (χ0v) is 17.3. The number of halogens is 1. The summed E-state index contributed by atoms with van der Waals surface area (Å²) in [5, 5.41) is 5.66. The van der Waals surface area contributed by atoms with Crippen LogP contribution in [0.5, 0.6) is 5.75 Å². The summed E-state index contributed by atoms with van der Waals surface area (Å²) in [6, 6.07) is 26.1. The van der Waals surface area contributed by atoms with Crippen LogP contribution in [0.2, 0.25) is 5.02 Å². The minimum Gasteiger partial charge on any atom is -0.497 e. The van der Waals surface area contributed by atoms with Crippen molar-refractivity contribution in [1.82, 2.24) is 9.78 Å². The van der Waals surface area contributed by atoms with Crippen molar-refractivity contribution in [3.8, 4) is 22.7 Å². The summed E-state index contributed by atoms with van der Waals surface area (Å²) in [4.78, 5) is 5.06. The number of aliphatic imine (C=N–C) groups is 1. The first kappa shape index (κ1) is 18.6. The Kier molecular flexibility index (Phi) is 4.85. The van der Waals surface area contributed by atoms with Crippen molar-refractivity contribution in [2.45, 2.75) is 12.8 Å². The molecule has 5 rings (SSSR count). The molecule has 0 aliphatic carbocycles. The smallest absolute Gasteiger partial charge is 0.159 e. The molecule has 0 spiro atoms. The van der Waals surface area contributed by atoms with Crippen LogP contribution in [0.4, 0.5) is 5.82 Å². The third-order valence-electron chi connectivity index (χ3n) is 5.35. The van der Waals surface area contributed by atoms with Gasteiger partial charge >= 0.3 is 0 Å². The van der Waals surface area contributed by atoms with Crippen molar-refractivity contribution in [3.05, 3.63) is 95.0 Å². The van der Waals surface area contributed by atoms with Gasteiger partial charge in [-0.1, -0.05) is 41.9 Å². The number of methoxy groups -OCH3 is 1. The van der Waals surface area contributed by atoms with Crippen LogP contribution in [0, 0.1) is 0 Å². The number of rotatable bonds is 4. The molecule has 1 aromatic heterocycles. The maximum atomic E-state index is 6.10. The standard InChI is InChI=1S/C25H20ClN3O/c1-30-21-13-7-17(8-14-21)23-16-15-22-24(18-5-3-2-4-6-18)28-29(25(22)27-23)20-11-9-19(26)10-12-20/h2-14H,15-16H2,1H3. The molecule has 2 heterocycles. The molecule has 0 atom stereocenters. The Morgan fingerprint density at radius 2 is 1.57 bits per heavy atom. The fourth-order valence-electron chi connectivity index (χ4n) is 3.80. The van der Waals surface area contributed by atoms with Crippen LogP contribution < -0.4 is 4.74 Å². The monoisotopic (exact) mass is 413 g/mol. The molecular weight excluding hydrogens is 394 g/mol. The molecule has 4 aromatic rings. The van der Waals surface area contributed by atoms with Crippen molar-refractivity contribution in [1.29, 1.82) is 0 Å². The summed E-state index contributed by atoms with van der Waals surface area (Å²) in [7, 11) is 1.68. The second-order valence-electron chi connectivity index (χ2n) is 7.19. The van der Waals surface area contributed by atoms with Crippen molar-refractivity contribution >= 4 is 23.1 Å². The van der Waals surface area contributed by atoms with Crippen LogP contribution >= 0.6 is 11.6 Å². The normalized spacial score (nSPS) is 12.9. The molecule has 0 bridgehead atoms. The van der Waals surface area contributed by atoms with E-state index in [4.69, 9.17) is 26.4 Å². The highest BCUT2D eigenvalue weighted by Gasteiger charge is 2.24. The maximum absolute atomic E-state index is 6.10. The minimum absolute atomic E-state index is 0.700. The van der Waals surface area contributed by atoms with Crippen LogP contribution in [0.15, 0.2) is 83.9 Å². The predicted molar refractivity (Wildman–Crippen MR) is 122 cm³/mol. The molecule has 1 aliphatic heterocycles. The predicted octanol–water partition coefficient (Wildman–Crippen LogP) is 6.27. The summed E-state index contributed by atoms with van der Waals surface area (Å²) >= 11 is 6.10. The molecular formula is C25H20ClN3O. The number of ether oxygens (including phenoxy) is 1. The van der Waals surface area contributed by atoms with Crippen LogP contribution in [0.3, 0.4) is 0 Å². The van der Waals surface area contributed by atoms with Gasteiger partial charge in [0.25, 0.3) is 0 Å². The Labute approximate surface area is 180 Å². The molecule has 148 valence electrons. The number of aromatic nitrogens is 2. The lowest BCUT2D eigenvalue weighted by molar-refractivity contribution is 0.415. The highest BCUT2D eigenvalue weighted by Crippen LogP contribution is 2.37. The zero-order valence-electron chi connectivity index (χ0n) is 16.5. The highest BCUT2D eigenvalue weighted by molar-refractivity contribution is 6.30. The van der Waals surface area contributed by atoms with Gasteiger partial charge in [0.15, 0.2) is 5.82 Å². The molecule has 0 amide bonds. The van der Waals surface area contributed by atoms with E-state index in [1.807, 2.05) is 59.3 Å². The Hall–Kier alpha value is -3.37. The number of benzene rings is 3. The number of hydrogen-bond donors (Lipinski definition) is 0. The van der Waals surface area contributed by atoms with E-state index in [-0.39, 0.29) is 0 Å². The highest BCUT2D eigenvalue weighted by atomic mass is 35.5. The first-order valence-electron chi connectivity index (χ1n) is 9.88. The van der Waals surface area contributed by atoms with E-state index in [0.717, 1.165) is 52.6 Å². The molecule has 3 aromatic carbocycles. The van der Waals surface area contributed by atoms with Gasteiger partial charge in [0, 0.05) is 16.1 Å². The average molecular weight is 414 g/mol. The Balaban J connectivity index is 1.66. The number of hydrogen-bond acceptors (Lipinski definition) is 3.